The van der Waals surface area contributed by atoms with Crippen molar-refractivity contribution in [3.8, 4) is 0 Å². The van der Waals surface area contributed by atoms with E-state index in [4.69, 9.17) is 4.74 Å². The molecule has 0 spiro atoms. The van der Waals surface area contributed by atoms with E-state index in [0.717, 1.165) is 29.6 Å². The smallest absolute Gasteiger partial charge is 0.193 e. The van der Waals surface area contributed by atoms with E-state index in [9.17, 15) is 0 Å². The molecule has 3 atom stereocenters. The molecule has 2 aromatic rings. The van der Waals surface area contributed by atoms with Crippen LogP contribution in [0.2, 0.25) is 0 Å². The van der Waals surface area contributed by atoms with Gasteiger partial charge in [0.25, 0.3) is 0 Å². The van der Waals surface area contributed by atoms with Gasteiger partial charge in [-0.25, -0.2) is 4.98 Å². The molecule has 0 aliphatic heterocycles. The van der Waals surface area contributed by atoms with Crippen LogP contribution in [0.5, 0.6) is 0 Å². The third-order valence-electron chi connectivity index (χ3n) is 4.58. The van der Waals surface area contributed by atoms with Crippen molar-refractivity contribution in [2.45, 2.75) is 38.0 Å². The monoisotopic (exact) mass is 358 g/mol. The van der Waals surface area contributed by atoms with Gasteiger partial charge in [0, 0.05) is 38.5 Å². The van der Waals surface area contributed by atoms with Crippen LogP contribution in [0.15, 0.2) is 40.7 Å². The Hall–Kier alpha value is -1.92. The fourth-order valence-electron chi connectivity index (χ4n) is 2.94. The zero-order valence-corrected chi connectivity index (χ0v) is 16.1. The normalized spacial score (nSPS) is 21.0. The summed E-state index contributed by atoms with van der Waals surface area (Å²) in [6.07, 6.45) is 1.20. The fraction of sp³-hybridized carbons (Fsp3) is 0.474. The largest absolute Gasteiger partial charge is 0.375 e. The Morgan fingerprint density at radius 1 is 1.44 bits per heavy atom. The third kappa shape index (κ3) is 4.38. The van der Waals surface area contributed by atoms with E-state index < -0.39 is 0 Å². The molecule has 1 aliphatic rings. The first-order chi connectivity index (χ1) is 12.1. The van der Waals surface area contributed by atoms with Crippen molar-refractivity contribution in [1.29, 1.82) is 0 Å². The molecule has 5 nitrogen and oxygen atoms in total. The van der Waals surface area contributed by atoms with E-state index in [2.05, 4.69) is 55.9 Å². The third-order valence-corrected chi connectivity index (χ3v) is 5.63. The van der Waals surface area contributed by atoms with Crippen molar-refractivity contribution in [3.63, 3.8) is 0 Å². The molecular weight excluding hydrogens is 332 g/mol. The van der Waals surface area contributed by atoms with Gasteiger partial charge >= 0.3 is 0 Å². The highest BCUT2D eigenvalue weighted by molar-refractivity contribution is 7.09. The summed E-state index contributed by atoms with van der Waals surface area (Å²) in [7, 11) is 5.59. The molecule has 6 heteroatoms. The Kier molecular flexibility index (Phi) is 5.71. The van der Waals surface area contributed by atoms with Crippen molar-refractivity contribution in [3.05, 3.63) is 52.0 Å². The maximum absolute atomic E-state index is 5.34. The molecule has 1 aromatic carbocycles. The van der Waals surface area contributed by atoms with E-state index in [1.165, 1.54) is 5.56 Å². The van der Waals surface area contributed by atoms with E-state index >= 15 is 0 Å². The SMILES string of the molecule is CN=C(NC1CC1c1ccccc1)N(C)Cc1csc(C(C)OC)n1. The lowest BCUT2D eigenvalue weighted by atomic mass is 10.1. The molecule has 25 heavy (non-hydrogen) atoms. The number of ether oxygens (including phenoxy) is 1. The first-order valence-electron chi connectivity index (χ1n) is 8.58. The zero-order chi connectivity index (χ0) is 17.8. The number of methoxy groups -OCH3 is 1. The van der Waals surface area contributed by atoms with Gasteiger partial charge in [-0.15, -0.1) is 11.3 Å². The average Bonchev–Trinajstić information content (AvgIpc) is 3.27. The number of aliphatic imine (C=N–C) groups is 1. The topological polar surface area (TPSA) is 49.8 Å². The highest BCUT2D eigenvalue weighted by Crippen LogP contribution is 2.40. The van der Waals surface area contributed by atoms with Crippen LogP contribution >= 0.6 is 11.3 Å². The summed E-state index contributed by atoms with van der Waals surface area (Å²) < 4.78 is 5.34. The van der Waals surface area contributed by atoms with Gasteiger partial charge in [-0.3, -0.25) is 4.99 Å². The van der Waals surface area contributed by atoms with Crippen LogP contribution < -0.4 is 5.32 Å². The maximum Gasteiger partial charge on any atom is 0.193 e. The Morgan fingerprint density at radius 3 is 2.88 bits per heavy atom. The average molecular weight is 359 g/mol. The lowest BCUT2D eigenvalue weighted by molar-refractivity contribution is 0.119. The van der Waals surface area contributed by atoms with Gasteiger partial charge in [-0.2, -0.15) is 0 Å². The Morgan fingerprint density at radius 2 is 2.20 bits per heavy atom. The fourth-order valence-corrected chi connectivity index (χ4v) is 3.78. The summed E-state index contributed by atoms with van der Waals surface area (Å²) in [6.45, 7) is 2.75. The van der Waals surface area contributed by atoms with Crippen molar-refractivity contribution in [2.24, 2.45) is 4.99 Å². The second-order valence-corrected chi connectivity index (χ2v) is 7.35. The van der Waals surface area contributed by atoms with Crippen molar-refractivity contribution in [1.82, 2.24) is 15.2 Å². The first kappa shape index (κ1) is 17.9. The van der Waals surface area contributed by atoms with Crippen LogP contribution in [0.3, 0.4) is 0 Å². The molecule has 3 unspecified atom stereocenters. The van der Waals surface area contributed by atoms with Gasteiger partial charge in [0.1, 0.15) is 11.1 Å². The molecule has 134 valence electrons. The summed E-state index contributed by atoms with van der Waals surface area (Å²) in [6, 6.07) is 11.1. The predicted molar refractivity (Wildman–Crippen MR) is 103 cm³/mol. The summed E-state index contributed by atoms with van der Waals surface area (Å²) in [5.74, 6) is 1.50. The second-order valence-electron chi connectivity index (χ2n) is 6.46. The number of thiazole rings is 1. The lowest BCUT2D eigenvalue weighted by Gasteiger charge is -2.21. The summed E-state index contributed by atoms with van der Waals surface area (Å²) in [5, 5.41) is 6.69. The highest BCUT2D eigenvalue weighted by atomic mass is 32.1. The summed E-state index contributed by atoms with van der Waals surface area (Å²) in [5.41, 5.74) is 2.44. The van der Waals surface area contributed by atoms with Crippen LogP contribution in [0.25, 0.3) is 0 Å². The summed E-state index contributed by atoms with van der Waals surface area (Å²) in [4.78, 5) is 11.2. The van der Waals surface area contributed by atoms with Gasteiger partial charge in [0.05, 0.1) is 12.2 Å². The Bertz CT molecular complexity index is 715. The van der Waals surface area contributed by atoms with Gasteiger partial charge in [-0.1, -0.05) is 30.3 Å². The Labute approximate surface area is 153 Å². The van der Waals surface area contributed by atoms with Gasteiger partial charge in [0.2, 0.25) is 0 Å². The number of benzene rings is 1. The molecule has 1 saturated carbocycles. The van der Waals surface area contributed by atoms with E-state index in [1.54, 1.807) is 18.4 Å². The van der Waals surface area contributed by atoms with E-state index in [-0.39, 0.29) is 6.10 Å². The van der Waals surface area contributed by atoms with Crippen LogP contribution in [-0.2, 0) is 11.3 Å². The molecule has 1 N–H and O–H groups in total. The number of hydrogen-bond donors (Lipinski definition) is 1. The van der Waals surface area contributed by atoms with E-state index in [0.29, 0.717) is 12.0 Å². The van der Waals surface area contributed by atoms with Crippen LogP contribution in [-0.4, -0.2) is 43.1 Å². The van der Waals surface area contributed by atoms with Crippen LogP contribution in [0.4, 0.5) is 0 Å². The molecule has 1 fully saturated rings. The minimum Gasteiger partial charge on any atom is -0.375 e. The standard InChI is InChI=1S/C19H26N4OS/c1-13(24-4)18-21-15(12-25-18)11-23(3)19(20-2)22-17-10-16(17)14-8-6-5-7-9-14/h5-9,12-13,16-17H,10-11H2,1-4H3,(H,20,22). The lowest BCUT2D eigenvalue weighted by Crippen LogP contribution is -2.40. The number of nitrogens with one attached hydrogen (secondary N) is 1. The number of nitrogens with zero attached hydrogens (tertiary/aromatic N) is 3. The van der Waals surface area contributed by atoms with Crippen molar-refractivity contribution >= 4 is 17.3 Å². The predicted octanol–water partition coefficient (Wildman–Crippen LogP) is 3.41. The van der Waals surface area contributed by atoms with Crippen LogP contribution in [0.1, 0.15) is 41.6 Å². The molecule has 0 radical (unpaired) electrons. The number of rotatable bonds is 6. The van der Waals surface area contributed by atoms with Crippen molar-refractivity contribution < 1.29 is 4.74 Å². The minimum atomic E-state index is 0.0413. The second kappa shape index (κ2) is 7.97. The molecule has 0 amide bonds. The molecule has 3 rings (SSSR count). The molecule has 1 aromatic heterocycles. The zero-order valence-electron chi connectivity index (χ0n) is 15.3. The number of aromatic nitrogens is 1. The summed E-state index contributed by atoms with van der Waals surface area (Å²) >= 11 is 1.64. The molecular formula is C19H26N4OS. The Balaban J connectivity index is 1.56. The van der Waals surface area contributed by atoms with E-state index in [1.807, 2.05) is 21.0 Å². The molecule has 1 aliphatic carbocycles. The number of guanidine groups is 1. The minimum absolute atomic E-state index is 0.0413. The van der Waals surface area contributed by atoms with Crippen LogP contribution in [0, 0.1) is 0 Å². The van der Waals surface area contributed by atoms with Gasteiger partial charge in [-0.05, 0) is 18.9 Å². The maximum atomic E-state index is 5.34. The van der Waals surface area contributed by atoms with Crippen molar-refractivity contribution in [2.75, 3.05) is 21.2 Å². The number of hydrogen-bond acceptors (Lipinski definition) is 4. The molecule has 0 saturated heterocycles. The quantitative estimate of drug-likeness (QED) is 0.635. The van der Waals surface area contributed by atoms with Gasteiger partial charge in [0.15, 0.2) is 5.96 Å². The first-order valence-corrected chi connectivity index (χ1v) is 9.46. The highest BCUT2D eigenvalue weighted by Gasteiger charge is 2.39. The molecule has 0 bridgehead atoms. The van der Waals surface area contributed by atoms with Gasteiger partial charge < -0.3 is 15.0 Å². The molecule has 1 heterocycles.